The highest BCUT2D eigenvalue weighted by atomic mass is 32.2. The van der Waals surface area contributed by atoms with E-state index in [2.05, 4.69) is 34.3 Å². The van der Waals surface area contributed by atoms with Gasteiger partial charge in [0.25, 0.3) is 0 Å². The highest BCUT2D eigenvalue weighted by Crippen LogP contribution is 2.27. The van der Waals surface area contributed by atoms with Crippen molar-refractivity contribution in [1.82, 2.24) is 9.29 Å². The molecule has 5 heteroatoms. The summed E-state index contributed by atoms with van der Waals surface area (Å²) in [4.78, 5) is 5.67. The van der Waals surface area contributed by atoms with Crippen molar-refractivity contribution >= 4 is 27.6 Å². The average molecular weight is 263 g/mol. The molecule has 1 aromatic heterocycles. The molecule has 96 valence electrons. The Morgan fingerprint density at radius 3 is 2.61 bits per heavy atom. The third-order valence-corrected chi connectivity index (χ3v) is 4.60. The van der Waals surface area contributed by atoms with Crippen LogP contribution < -0.4 is 4.90 Å². The Morgan fingerprint density at radius 2 is 1.89 bits per heavy atom. The Kier molecular flexibility index (Phi) is 3.09. The fourth-order valence-corrected chi connectivity index (χ4v) is 3.18. The summed E-state index contributed by atoms with van der Waals surface area (Å²) < 4.78 is 13.4. The number of anilines is 1. The maximum absolute atomic E-state index is 11.4. The predicted molar refractivity (Wildman–Crippen MR) is 76.2 cm³/mol. The maximum atomic E-state index is 11.4. The van der Waals surface area contributed by atoms with E-state index < -0.39 is 11.0 Å². The zero-order valence-electron chi connectivity index (χ0n) is 10.4. The molecule has 18 heavy (non-hydrogen) atoms. The van der Waals surface area contributed by atoms with Gasteiger partial charge in [0.1, 0.15) is 0 Å². The van der Waals surface area contributed by atoms with Gasteiger partial charge in [-0.15, -0.1) is 0 Å². The van der Waals surface area contributed by atoms with Crippen LogP contribution in [0.1, 0.15) is 0 Å². The molecule has 0 radical (unpaired) electrons. The summed E-state index contributed by atoms with van der Waals surface area (Å²) in [6.45, 7) is 3.59. The fraction of sp³-hybridized carbons (Fsp3) is 0.385. The van der Waals surface area contributed by atoms with Crippen molar-refractivity contribution in [3.8, 4) is 0 Å². The van der Waals surface area contributed by atoms with Crippen LogP contribution in [0.2, 0.25) is 0 Å². The van der Waals surface area contributed by atoms with Crippen molar-refractivity contribution in [2.24, 2.45) is 0 Å². The standard InChI is InChI=1S/C13H17N3OS/c1-18(17)16-8-6-15(7-9-16)13-10-14-12-5-3-2-4-11(12)13/h2-5,10,14H,6-9H2,1H3. The van der Waals surface area contributed by atoms with E-state index in [-0.39, 0.29) is 0 Å². The summed E-state index contributed by atoms with van der Waals surface area (Å²) in [5.41, 5.74) is 2.43. The number of rotatable bonds is 2. The van der Waals surface area contributed by atoms with Crippen LogP contribution in [-0.2, 0) is 11.0 Å². The molecule has 1 saturated heterocycles. The van der Waals surface area contributed by atoms with Gasteiger partial charge in [-0.05, 0) is 6.07 Å². The number of hydrogen-bond donors (Lipinski definition) is 1. The summed E-state index contributed by atoms with van der Waals surface area (Å²) in [6.07, 6.45) is 3.82. The van der Waals surface area contributed by atoms with Crippen molar-refractivity contribution < 1.29 is 4.21 Å². The zero-order chi connectivity index (χ0) is 12.5. The maximum Gasteiger partial charge on any atom is 0.0911 e. The first kappa shape index (κ1) is 11.7. The van der Waals surface area contributed by atoms with Gasteiger partial charge in [-0.25, -0.2) is 8.51 Å². The van der Waals surface area contributed by atoms with Crippen molar-refractivity contribution in [2.75, 3.05) is 37.3 Å². The summed E-state index contributed by atoms with van der Waals surface area (Å²) in [6, 6.07) is 8.35. The smallest absolute Gasteiger partial charge is 0.0911 e. The molecule has 1 N–H and O–H groups in total. The van der Waals surface area contributed by atoms with Gasteiger partial charge in [0, 0.05) is 49.5 Å². The van der Waals surface area contributed by atoms with Gasteiger partial charge < -0.3 is 9.88 Å². The molecule has 4 nitrogen and oxygen atoms in total. The molecule has 1 fully saturated rings. The lowest BCUT2D eigenvalue weighted by Gasteiger charge is -2.34. The number of aromatic nitrogens is 1. The number of benzene rings is 1. The highest BCUT2D eigenvalue weighted by molar-refractivity contribution is 7.81. The molecule has 2 aromatic rings. The van der Waals surface area contributed by atoms with Crippen LogP contribution in [0.5, 0.6) is 0 Å². The van der Waals surface area contributed by atoms with Crippen molar-refractivity contribution in [3.05, 3.63) is 30.5 Å². The lowest BCUT2D eigenvalue weighted by Crippen LogP contribution is -2.46. The normalized spacial score (nSPS) is 19.3. The summed E-state index contributed by atoms with van der Waals surface area (Å²) in [7, 11) is -0.842. The van der Waals surface area contributed by atoms with E-state index in [0.717, 1.165) is 26.2 Å². The Hall–Kier alpha value is -1.33. The van der Waals surface area contributed by atoms with E-state index in [4.69, 9.17) is 0 Å². The monoisotopic (exact) mass is 263 g/mol. The van der Waals surface area contributed by atoms with E-state index in [1.807, 2.05) is 10.4 Å². The van der Waals surface area contributed by atoms with Gasteiger partial charge in [0.15, 0.2) is 0 Å². The second-order valence-corrected chi connectivity index (χ2v) is 5.92. The van der Waals surface area contributed by atoms with E-state index in [1.54, 1.807) is 6.26 Å². The van der Waals surface area contributed by atoms with Crippen molar-refractivity contribution in [1.29, 1.82) is 0 Å². The number of nitrogens with one attached hydrogen (secondary N) is 1. The summed E-state index contributed by atoms with van der Waals surface area (Å²) in [5.74, 6) is 0. The van der Waals surface area contributed by atoms with Gasteiger partial charge in [0.2, 0.25) is 0 Å². The van der Waals surface area contributed by atoms with Gasteiger partial charge >= 0.3 is 0 Å². The van der Waals surface area contributed by atoms with Crippen LogP contribution >= 0.6 is 0 Å². The quantitative estimate of drug-likeness (QED) is 0.893. The van der Waals surface area contributed by atoms with Crippen LogP contribution in [0.4, 0.5) is 5.69 Å². The van der Waals surface area contributed by atoms with Crippen molar-refractivity contribution in [3.63, 3.8) is 0 Å². The molecular formula is C13H17N3OS. The summed E-state index contributed by atoms with van der Waals surface area (Å²) >= 11 is 0. The second-order valence-electron chi connectivity index (χ2n) is 4.56. The van der Waals surface area contributed by atoms with Crippen molar-refractivity contribution in [2.45, 2.75) is 0 Å². The number of nitrogens with zero attached hydrogens (tertiary/aromatic N) is 2. The lowest BCUT2D eigenvalue weighted by molar-refractivity contribution is 0.412. The SMILES string of the molecule is CS(=O)N1CCN(c2c[nH]c3ccccc23)CC1. The van der Waals surface area contributed by atoms with Crippen LogP contribution in [0.25, 0.3) is 10.9 Å². The first-order valence-corrected chi connectivity index (χ1v) is 7.67. The van der Waals surface area contributed by atoms with E-state index in [1.165, 1.54) is 16.6 Å². The largest absolute Gasteiger partial charge is 0.367 e. The zero-order valence-corrected chi connectivity index (χ0v) is 11.2. The van der Waals surface area contributed by atoms with Crippen LogP contribution in [0.15, 0.2) is 30.5 Å². The molecule has 1 aromatic carbocycles. The fourth-order valence-electron chi connectivity index (χ4n) is 2.50. The lowest BCUT2D eigenvalue weighted by atomic mass is 10.2. The minimum Gasteiger partial charge on any atom is -0.367 e. The summed E-state index contributed by atoms with van der Waals surface area (Å²) in [5, 5.41) is 1.27. The minimum absolute atomic E-state index is 0.842. The first-order chi connectivity index (χ1) is 8.75. The average Bonchev–Trinajstić information content (AvgIpc) is 2.82. The molecule has 0 saturated carbocycles. The number of para-hydroxylation sites is 1. The highest BCUT2D eigenvalue weighted by Gasteiger charge is 2.20. The molecule has 1 atom stereocenters. The minimum atomic E-state index is -0.842. The van der Waals surface area contributed by atoms with Gasteiger partial charge in [-0.1, -0.05) is 18.2 Å². The number of hydrogen-bond acceptors (Lipinski definition) is 2. The Balaban J connectivity index is 1.82. The Labute approximate surface area is 109 Å². The molecular weight excluding hydrogens is 246 g/mol. The number of piperazine rings is 1. The second kappa shape index (κ2) is 4.74. The third kappa shape index (κ3) is 2.04. The number of H-pyrrole nitrogens is 1. The van der Waals surface area contributed by atoms with Gasteiger partial charge in [-0.2, -0.15) is 0 Å². The molecule has 0 spiro atoms. The van der Waals surface area contributed by atoms with E-state index in [0.29, 0.717) is 0 Å². The van der Waals surface area contributed by atoms with Gasteiger partial charge in [0.05, 0.1) is 16.7 Å². The molecule has 0 amide bonds. The number of aromatic amines is 1. The molecule has 2 heterocycles. The molecule has 1 unspecified atom stereocenters. The topological polar surface area (TPSA) is 39.3 Å². The molecule has 0 bridgehead atoms. The Morgan fingerprint density at radius 1 is 1.17 bits per heavy atom. The van der Waals surface area contributed by atoms with E-state index in [9.17, 15) is 4.21 Å². The van der Waals surface area contributed by atoms with Crippen LogP contribution in [0.3, 0.4) is 0 Å². The van der Waals surface area contributed by atoms with Gasteiger partial charge in [-0.3, -0.25) is 0 Å². The molecule has 0 aliphatic carbocycles. The Bertz CT molecular complexity index is 572. The third-order valence-electron chi connectivity index (χ3n) is 3.51. The first-order valence-electron chi connectivity index (χ1n) is 6.15. The van der Waals surface area contributed by atoms with E-state index >= 15 is 0 Å². The van der Waals surface area contributed by atoms with Crippen LogP contribution in [-0.4, -0.2) is 45.9 Å². The van der Waals surface area contributed by atoms with Crippen LogP contribution in [0, 0.1) is 0 Å². The molecule has 1 aliphatic rings. The number of fused-ring (bicyclic) bond motifs is 1. The molecule has 3 rings (SSSR count). The molecule has 1 aliphatic heterocycles. The predicted octanol–water partition coefficient (Wildman–Crippen LogP) is 1.58.